The molecule has 0 bridgehead atoms. The second-order valence-electron chi connectivity index (χ2n) is 7.01. The van der Waals surface area contributed by atoms with Crippen molar-refractivity contribution in [2.45, 2.75) is 13.5 Å². The molecular weight excluding hydrogens is 350 g/mol. The normalized spacial score (nSPS) is 15.5. The molecule has 0 aliphatic carbocycles. The second kappa shape index (κ2) is 8.35. The predicted octanol–water partition coefficient (Wildman–Crippen LogP) is 2.92. The van der Waals surface area contributed by atoms with E-state index in [2.05, 4.69) is 39.5 Å². The van der Waals surface area contributed by atoms with Crippen LogP contribution in [0.3, 0.4) is 0 Å². The first-order valence-corrected chi connectivity index (χ1v) is 9.81. The van der Waals surface area contributed by atoms with Crippen LogP contribution in [0.4, 0.5) is 0 Å². The second-order valence-corrected chi connectivity index (χ2v) is 7.01. The molecule has 28 heavy (non-hydrogen) atoms. The number of piperazine rings is 1. The molecule has 1 aliphatic rings. The summed E-state index contributed by atoms with van der Waals surface area (Å²) in [6.45, 7) is 6.98. The summed E-state index contributed by atoms with van der Waals surface area (Å²) in [6.07, 6.45) is 4.34. The third kappa shape index (κ3) is 3.97. The van der Waals surface area contributed by atoms with Crippen LogP contribution in [-0.4, -0.2) is 63.4 Å². The van der Waals surface area contributed by atoms with Crippen LogP contribution in [0.15, 0.2) is 54.6 Å². The number of carbonyl (C=O) groups is 1. The summed E-state index contributed by atoms with van der Waals surface area (Å²) in [6, 6.07) is 16.0. The number of benzene rings is 2. The van der Waals surface area contributed by atoms with E-state index in [1.54, 1.807) is 0 Å². The molecule has 4 rings (SSSR count). The first-order chi connectivity index (χ1) is 13.7. The van der Waals surface area contributed by atoms with E-state index in [1.807, 2.05) is 52.9 Å². The molecule has 1 aromatic heterocycles. The standard InChI is InChI=1S/C22H25N5O/c1-2-27-21-11-10-19(17-20(21)23-24-27)22(28)26-15-13-25(14-16-26)12-6-9-18-7-4-3-5-8-18/h3-11,17H,2,12-16H2,1H3/b9-6+. The zero-order valence-corrected chi connectivity index (χ0v) is 16.2. The Morgan fingerprint density at radius 3 is 2.61 bits per heavy atom. The molecule has 1 aliphatic heterocycles. The van der Waals surface area contributed by atoms with Crippen molar-refractivity contribution in [2.75, 3.05) is 32.7 Å². The van der Waals surface area contributed by atoms with Crippen molar-refractivity contribution in [1.82, 2.24) is 24.8 Å². The van der Waals surface area contributed by atoms with Crippen LogP contribution in [0, 0.1) is 0 Å². The van der Waals surface area contributed by atoms with Gasteiger partial charge in [-0.05, 0) is 30.7 Å². The summed E-state index contributed by atoms with van der Waals surface area (Å²) >= 11 is 0. The monoisotopic (exact) mass is 375 g/mol. The average Bonchev–Trinajstić information content (AvgIpc) is 3.17. The predicted molar refractivity (Wildman–Crippen MR) is 111 cm³/mol. The van der Waals surface area contributed by atoms with E-state index in [1.165, 1.54) is 5.56 Å². The van der Waals surface area contributed by atoms with E-state index in [4.69, 9.17) is 0 Å². The fraction of sp³-hybridized carbons (Fsp3) is 0.318. The zero-order chi connectivity index (χ0) is 19.3. The third-order valence-electron chi connectivity index (χ3n) is 5.19. The van der Waals surface area contributed by atoms with Crippen molar-refractivity contribution in [3.05, 3.63) is 65.7 Å². The molecule has 2 heterocycles. The Labute approximate surface area is 165 Å². The number of carbonyl (C=O) groups excluding carboxylic acids is 1. The Bertz CT molecular complexity index is 971. The van der Waals surface area contributed by atoms with Gasteiger partial charge in [-0.15, -0.1) is 5.10 Å². The van der Waals surface area contributed by atoms with Gasteiger partial charge in [0.15, 0.2) is 0 Å². The van der Waals surface area contributed by atoms with E-state index in [-0.39, 0.29) is 5.91 Å². The van der Waals surface area contributed by atoms with E-state index < -0.39 is 0 Å². The molecule has 0 radical (unpaired) electrons. The lowest BCUT2D eigenvalue weighted by molar-refractivity contribution is 0.0650. The van der Waals surface area contributed by atoms with Gasteiger partial charge < -0.3 is 4.90 Å². The van der Waals surface area contributed by atoms with Gasteiger partial charge in [0.1, 0.15) is 5.52 Å². The van der Waals surface area contributed by atoms with Gasteiger partial charge in [-0.2, -0.15) is 0 Å². The molecular formula is C22H25N5O. The third-order valence-corrected chi connectivity index (χ3v) is 5.19. The Morgan fingerprint density at radius 1 is 1.07 bits per heavy atom. The van der Waals surface area contributed by atoms with Crippen molar-refractivity contribution < 1.29 is 4.79 Å². The van der Waals surface area contributed by atoms with Crippen molar-refractivity contribution in [3.8, 4) is 0 Å². The number of hydrogen-bond acceptors (Lipinski definition) is 4. The number of fused-ring (bicyclic) bond motifs is 1. The number of nitrogens with zero attached hydrogens (tertiary/aromatic N) is 5. The largest absolute Gasteiger partial charge is 0.336 e. The highest BCUT2D eigenvalue weighted by molar-refractivity contribution is 5.97. The highest BCUT2D eigenvalue weighted by Crippen LogP contribution is 2.16. The van der Waals surface area contributed by atoms with Crippen molar-refractivity contribution in [2.24, 2.45) is 0 Å². The van der Waals surface area contributed by atoms with Gasteiger partial charge >= 0.3 is 0 Å². The van der Waals surface area contributed by atoms with Gasteiger partial charge in [0, 0.05) is 44.8 Å². The first kappa shape index (κ1) is 18.4. The smallest absolute Gasteiger partial charge is 0.254 e. The molecule has 0 atom stereocenters. The average molecular weight is 375 g/mol. The Kier molecular flexibility index (Phi) is 5.48. The molecule has 0 unspecified atom stereocenters. The molecule has 2 aromatic carbocycles. The molecule has 0 saturated carbocycles. The Balaban J connectivity index is 1.33. The zero-order valence-electron chi connectivity index (χ0n) is 16.2. The molecule has 6 heteroatoms. The van der Waals surface area contributed by atoms with E-state index in [9.17, 15) is 4.79 Å². The molecule has 144 valence electrons. The number of rotatable bonds is 5. The first-order valence-electron chi connectivity index (χ1n) is 9.81. The Morgan fingerprint density at radius 2 is 1.86 bits per heavy atom. The van der Waals surface area contributed by atoms with Gasteiger partial charge in [0.25, 0.3) is 5.91 Å². The fourth-order valence-corrected chi connectivity index (χ4v) is 3.56. The molecule has 6 nitrogen and oxygen atoms in total. The molecule has 1 saturated heterocycles. The summed E-state index contributed by atoms with van der Waals surface area (Å²) in [5.41, 5.74) is 3.64. The van der Waals surface area contributed by atoms with Gasteiger partial charge in [-0.3, -0.25) is 9.69 Å². The number of hydrogen-bond donors (Lipinski definition) is 0. The molecule has 3 aromatic rings. The molecule has 0 spiro atoms. The summed E-state index contributed by atoms with van der Waals surface area (Å²) < 4.78 is 1.84. The lowest BCUT2D eigenvalue weighted by Crippen LogP contribution is -2.48. The van der Waals surface area contributed by atoms with Crippen LogP contribution in [0.1, 0.15) is 22.8 Å². The summed E-state index contributed by atoms with van der Waals surface area (Å²) in [5, 5.41) is 8.29. The maximum Gasteiger partial charge on any atom is 0.254 e. The van der Waals surface area contributed by atoms with E-state index in [0.717, 1.165) is 50.3 Å². The summed E-state index contributed by atoms with van der Waals surface area (Å²) in [7, 11) is 0. The number of amides is 1. The number of aryl methyl sites for hydroxylation is 1. The SMILES string of the molecule is CCn1nnc2cc(C(=O)N3CCN(C/C=C/c4ccccc4)CC3)ccc21. The lowest BCUT2D eigenvalue weighted by Gasteiger charge is -2.34. The van der Waals surface area contributed by atoms with Gasteiger partial charge in [-0.25, -0.2) is 4.68 Å². The molecule has 1 amide bonds. The highest BCUT2D eigenvalue weighted by Gasteiger charge is 2.22. The van der Waals surface area contributed by atoms with Crippen LogP contribution in [0.2, 0.25) is 0 Å². The maximum absolute atomic E-state index is 12.9. The van der Waals surface area contributed by atoms with E-state index in [0.29, 0.717) is 5.56 Å². The van der Waals surface area contributed by atoms with E-state index >= 15 is 0 Å². The van der Waals surface area contributed by atoms with Crippen LogP contribution < -0.4 is 0 Å². The van der Waals surface area contributed by atoms with Gasteiger partial charge in [0.2, 0.25) is 0 Å². The van der Waals surface area contributed by atoms with Crippen molar-refractivity contribution in [3.63, 3.8) is 0 Å². The highest BCUT2D eigenvalue weighted by atomic mass is 16.2. The minimum atomic E-state index is 0.0763. The van der Waals surface area contributed by atoms with Crippen LogP contribution in [-0.2, 0) is 6.54 Å². The fourth-order valence-electron chi connectivity index (χ4n) is 3.56. The van der Waals surface area contributed by atoms with Crippen molar-refractivity contribution in [1.29, 1.82) is 0 Å². The van der Waals surface area contributed by atoms with Crippen molar-refractivity contribution >= 4 is 23.0 Å². The van der Waals surface area contributed by atoms with Crippen LogP contribution in [0.5, 0.6) is 0 Å². The van der Waals surface area contributed by atoms with Gasteiger partial charge in [-0.1, -0.05) is 47.7 Å². The van der Waals surface area contributed by atoms with Crippen LogP contribution >= 0.6 is 0 Å². The summed E-state index contributed by atoms with van der Waals surface area (Å²) in [4.78, 5) is 17.2. The number of aromatic nitrogens is 3. The maximum atomic E-state index is 12.9. The quantitative estimate of drug-likeness (QED) is 0.688. The Hall–Kier alpha value is -2.99. The van der Waals surface area contributed by atoms with Crippen LogP contribution in [0.25, 0.3) is 17.1 Å². The minimum absolute atomic E-state index is 0.0763. The topological polar surface area (TPSA) is 54.3 Å². The summed E-state index contributed by atoms with van der Waals surface area (Å²) in [5.74, 6) is 0.0763. The van der Waals surface area contributed by atoms with Gasteiger partial charge in [0.05, 0.1) is 5.52 Å². The lowest BCUT2D eigenvalue weighted by atomic mass is 10.1. The molecule has 0 N–H and O–H groups in total. The minimum Gasteiger partial charge on any atom is -0.336 e. The molecule has 1 fully saturated rings.